The van der Waals surface area contributed by atoms with Crippen molar-refractivity contribution in [3.63, 3.8) is 0 Å². The average molecular weight is 392 g/mol. The van der Waals surface area contributed by atoms with Crippen LogP contribution in [0.25, 0.3) is 0 Å². The van der Waals surface area contributed by atoms with Gasteiger partial charge in [-0.25, -0.2) is 0 Å². The molecule has 0 aromatic heterocycles. The number of nitrogens with zero attached hydrogens (tertiary/aromatic N) is 2. The highest BCUT2D eigenvalue weighted by molar-refractivity contribution is 5.77. The average Bonchev–Trinajstić information content (AvgIpc) is 2.73. The van der Waals surface area contributed by atoms with Crippen molar-refractivity contribution in [1.82, 2.24) is 4.90 Å². The standard InChI is InChI=1S/C21H23F3N2O2/c22-21(23,24)19(27)15-25-13-11-20(28)26(14-16-6-2-1-3-7-16)12-10-17-8-4-5-9-18(17)25/h1-9,19,27H,10-15H2. The molecule has 1 aliphatic heterocycles. The number of alkyl halides is 3. The lowest BCUT2D eigenvalue weighted by molar-refractivity contribution is -0.200. The van der Waals surface area contributed by atoms with Gasteiger partial charge in [-0.2, -0.15) is 13.2 Å². The molecule has 2 aromatic rings. The number of para-hydroxylation sites is 1. The van der Waals surface area contributed by atoms with E-state index >= 15 is 0 Å². The molecule has 28 heavy (non-hydrogen) atoms. The Morgan fingerprint density at radius 1 is 0.929 bits per heavy atom. The van der Waals surface area contributed by atoms with E-state index in [1.165, 1.54) is 4.90 Å². The zero-order chi connectivity index (χ0) is 20.1. The first kappa shape index (κ1) is 20.2. The number of aliphatic hydroxyl groups excluding tert-OH is 1. The number of aliphatic hydroxyl groups is 1. The number of β-amino-alcohol motifs (C(OH)–C–C–N with tert-alkyl or cyclic N) is 1. The lowest BCUT2D eigenvalue weighted by Crippen LogP contribution is -2.42. The van der Waals surface area contributed by atoms with Crippen molar-refractivity contribution in [2.24, 2.45) is 0 Å². The van der Waals surface area contributed by atoms with Crippen LogP contribution in [-0.2, 0) is 17.8 Å². The van der Waals surface area contributed by atoms with Crippen LogP contribution in [0.5, 0.6) is 0 Å². The van der Waals surface area contributed by atoms with Gasteiger partial charge in [-0.1, -0.05) is 48.5 Å². The highest BCUT2D eigenvalue weighted by Gasteiger charge is 2.39. The summed E-state index contributed by atoms with van der Waals surface area (Å²) in [6.45, 7) is 0.480. The van der Waals surface area contributed by atoms with Crippen molar-refractivity contribution in [2.45, 2.75) is 31.7 Å². The molecule has 0 bridgehead atoms. The van der Waals surface area contributed by atoms with Crippen LogP contribution in [-0.4, -0.2) is 47.8 Å². The zero-order valence-electron chi connectivity index (χ0n) is 15.4. The summed E-state index contributed by atoms with van der Waals surface area (Å²) in [5.74, 6) is -0.108. The summed E-state index contributed by atoms with van der Waals surface area (Å²) in [7, 11) is 0. The van der Waals surface area contributed by atoms with Crippen molar-refractivity contribution in [3.8, 4) is 0 Å². The van der Waals surface area contributed by atoms with E-state index in [0.717, 1.165) is 11.1 Å². The van der Waals surface area contributed by atoms with Crippen molar-refractivity contribution >= 4 is 11.6 Å². The highest BCUT2D eigenvalue weighted by Crippen LogP contribution is 2.27. The number of carbonyl (C=O) groups is 1. The van der Waals surface area contributed by atoms with Crippen LogP contribution < -0.4 is 4.90 Å². The Morgan fingerprint density at radius 3 is 2.29 bits per heavy atom. The molecule has 1 amide bonds. The van der Waals surface area contributed by atoms with Gasteiger partial charge in [0, 0.05) is 31.7 Å². The maximum Gasteiger partial charge on any atom is 0.416 e. The Labute approximate surface area is 162 Å². The SMILES string of the molecule is O=C1CCN(CC(O)C(F)(F)F)c2ccccc2CCN1Cc1ccccc1. The van der Waals surface area contributed by atoms with E-state index in [-0.39, 0.29) is 18.9 Å². The number of benzene rings is 2. The summed E-state index contributed by atoms with van der Waals surface area (Å²) < 4.78 is 38.6. The summed E-state index contributed by atoms with van der Waals surface area (Å²) in [5, 5.41) is 9.55. The highest BCUT2D eigenvalue weighted by atomic mass is 19.4. The molecule has 1 N–H and O–H groups in total. The number of carbonyl (C=O) groups excluding carboxylic acids is 1. The summed E-state index contributed by atoms with van der Waals surface area (Å²) in [6.07, 6.45) is -6.53. The van der Waals surface area contributed by atoms with Crippen molar-refractivity contribution in [2.75, 3.05) is 24.5 Å². The third kappa shape index (κ3) is 5.04. The second-order valence-corrected chi connectivity index (χ2v) is 6.93. The number of hydrogen-bond acceptors (Lipinski definition) is 3. The molecule has 0 saturated heterocycles. The normalized spacial score (nSPS) is 16.8. The van der Waals surface area contributed by atoms with E-state index in [0.29, 0.717) is 25.2 Å². The number of hydrogen-bond donors (Lipinski definition) is 1. The van der Waals surface area contributed by atoms with Gasteiger partial charge in [0.15, 0.2) is 6.10 Å². The van der Waals surface area contributed by atoms with Crippen LogP contribution >= 0.6 is 0 Å². The van der Waals surface area contributed by atoms with Crippen LogP contribution in [0, 0.1) is 0 Å². The molecule has 1 unspecified atom stereocenters. The van der Waals surface area contributed by atoms with E-state index in [4.69, 9.17) is 0 Å². The number of fused-ring (bicyclic) bond motifs is 1. The number of rotatable bonds is 4. The molecule has 0 radical (unpaired) electrons. The number of amides is 1. The van der Waals surface area contributed by atoms with E-state index < -0.39 is 18.8 Å². The summed E-state index contributed by atoms with van der Waals surface area (Å²) >= 11 is 0. The van der Waals surface area contributed by atoms with Crippen LogP contribution in [0.1, 0.15) is 17.5 Å². The molecule has 1 aliphatic rings. The van der Waals surface area contributed by atoms with E-state index in [1.54, 1.807) is 17.0 Å². The minimum Gasteiger partial charge on any atom is -0.382 e. The van der Waals surface area contributed by atoms with Crippen LogP contribution in [0.4, 0.5) is 18.9 Å². The van der Waals surface area contributed by atoms with E-state index in [9.17, 15) is 23.1 Å². The monoisotopic (exact) mass is 392 g/mol. The number of anilines is 1. The van der Waals surface area contributed by atoms with Gasteiger partial charge in [0.1, 0.15) is 0 Å². The van der Waals surface area contributed by atoms with Crippen LogP contribution in [0.15, 0.2) is 54.6 Å². The molecule has 1 atom stereocenters. The molecule has 3 rings (SSSR count). The van der Waals surface area contributed by atoms with E-state index in [1.807, 2.05) is 42.5 Å². The maximum absolute atomic E-state index is 12.9. The molecule has 150 valence electrons. The first-order valence-electron chi connectivity index (χ1n) is 9.24. The first-order chi connectivity index (χ1) is 13.3. The van der Waals surface area contributed by atoms with Crippen LogP contribution in [0.2, 0.25) is 0 Å². The molecule has 0 fully saturated rings. The fourth-order valence-electron chi connectivity index (χ4n) is 3.39. The largest absolute Gasteiger partial charge is 0.416 e. The Balaban J connectivity index is 1.82. The molecular weight excluding hydrogens is 369 g/mol. The van der Waals surface area contributed by atoms with Gasteiger partial charge in [0.2, 0.25) is 5.91 Å². The Morgan fingerprint density at radius 2 is 1.57 bits per heavy atom. The van der Waals surface area contributed by atoms with Gasteiger partial charge in [0.05, 0.1) is 6.54 Å². The van der Waals surface area contributed by atoms with Gasteiger partial charge < -0.3 is 14.9 Å². The summed E-state index contributed by atoms with van der Waals surface area (Å²) in [4.78, 5) is 15.9. The van der Waals surface area contributed by atoms with Gasteiger partial charge in [-0.05, 0) is 23.6 Å². The molecule has 7 heteroatoms. The van der Waals surface area contributed by atoms with E-state index in [2.05, 4.69) is 0 Å². The molecular formula is C21H23F3N2O2. The third-order valence-electron chi connectivity index (χ3n) is 4.92. The maximum atomic E-state index is 12.9. The smallest absolute Gasteiger partial charge is 0.382 e. The first-order valence-corrected chi connectivity index (χ1v) is 9.24. The molecule has 2 aromatic carbocycles. The fraction of sp³-hybridized carbons (Fsp3) is 0.381. The number of halogens is 3. The second kappa shape index (κ2) is 8.65. The van der Waals surface area contributed by atoms with Crippen molar-refractivity contribution < 1.29 is 23.1 Å². The lowest BCUT2D eigenvalue weighted by Gasteiger charge is -2.29. The predicted octanol–water partition coefficient (Wildman–Crippen LogP) is 3.39. The fourth-order valence-corrected chi connectivity index (χ4v) is 3.39. The molecule has 4 nitrogen and oxygen atoms in total. The summed E-state index contributed by atoms with van der Waals surface area (Å²) in [6, 6.07) is 16.8. The third-order valence-corrected chi connectivity index (χ3v) is 4.92. The van der Waals surface area contributed by atoms with Crippen molar-refractivity contribution in [3.05, 3.63) is 65.7 Å². The van der Waals surface area contributed by atoms with Gasteiger partial charge in [-0.15, -0.1) is 0 Å². The molecule has 0 saturated carbocycles. The topological polar surface area (TPSA) is 43.8 Å². The molecule has 0 aliphatic carbocycles. The van der Waals surface area contributed by atoms with Gasteiger partial charge in [-0.3, -0.25) is 4.79 Å². The minimum atomic E-state index is -4.70. The lowest BCUT2D eigenvalue weighted by atomic mass is 10.1. The zero-order valence-corrected chi connectivity index (χ0v) is 15.4. The quantitative estimate of drug-likeness (QED) is 0.868. The Kier molecular flexibility index (Phi) is 6.24. The van der Waals surface area contributed by atoms with Crippen LogP contribution in [0.3, 0.4) is 0 Å². The van der Waals surface area contributed by atoms with Gasteiger partial charge in [0.25, 0.3) is 0 Å². The molecule has 1 heterocycles. The van der Waals surface area contributed by atoms with Gasteiger partial charge >= 0.3 is 6.18 Å². The summed E-state index contributed by atoms with van der Waals surface area (Å²) in [5.41, 5.74) is 2.51. The molecule has 0 spiro atoms. The Hall–Kier alpha value is -2.54. The second-order valence-electron chi connectivity index (χ2n) is 6.93. The van der Waals surface area contributed by atoms with Crippen molar-refractivity contribution in [1.29, 1.82) is 0 Å². The predicted molar refractivity (Wildman–Crippen MR) is 101 cm³/mol. The minimum absolute atomic E-state index is 0.0890. The Bertz CT molecular complexity index is 796.